The lowest BCUT2D eigenvalue weighted by Gasteiger charge is -2.05. The molecule has 0 unspecified atom stereocenters. The molecule has 0 aliphatic heterocycles. The third kappa shape index (κ3) is 2.97. The molecule has 0 bridgehead atoms. The Morgan fingerprint density at radius 2 is 1.67 bits per heavy atom. The van der Waals surface area contributed by atoms with Crippen molar-refractivity contribution >= 4 is 23.1 Å². The summed E-state index contributed by atoms with van der Waals surface area (Å²) in [6.07, 6.45) is 1.66. The highest BCUT2D eigenvalue weighted by atomic mass is 16.3. The minimum absolute atomic E-state index is 0.233. The number of benzene rings is 2. The van der Waals surface area contributed by atoms with Crippen molar-refractivity contribution in [1.29, 1.82) is 0 Å². The van der Waals surface area contributed by atoms with Crippen LogP contribution in [0.25, 0.3) is 11.0 Å². The molecule has 2 aromatic carbocycles. The second kappa shape index (κ2) is 5.58. The molecular weight excluding hydrogens is 264 g/mol. The normalized spacial score (nSPS) is 11.1. The minimum Gasteiger partial charge on any atom is -0.508 e. The Morgan fingerprint density at radius 3 is 2.38 bits per heavy atom. The lowest BCUT2D eigenvalue weighted by atomic mass is 10.2. The average molecular weight is 278 g/mol. The van der Waals surface area contributed by atoms with Gasteiger partial charge in [0.25, 0.3) is 0 Å². The number of rotatable bonds is 3. The third-order valence-electron chi connectivity index (χ3n) is 3.02. The Balaban J connectivity index is 1.81. The summed E-state index contributed by atoms with van der Waals surface area (Å²) >= 11 is 0. The van der Waals surface area contributed by atoms with Crippen LogP contribution in [-0.4, -0.2) is 21.3 Å². The van der Waals surface area contributed by atoms with Gasteiger partial charge in [-0.2, -0.15) is 5.10 Å². The summed E-state index contributed by atoms with van der Waals surface area (Å²) in [6.45, 7) is 1.89. The number of hydrogen-bond acceptors (Lipinski definition) is 5. The van der Waals surface area contributed by atoms with Crippen molar-refractivity contribution in [2.75, 3.05) is 5.43 Å². The van der Waals surface area contributed by atoms with Crippen molar-refractivity contribution in [1.82, 2.24) is 9.97 Å². The zero-order valence-electron chi connectivity index (χ0n) is 11.5. The van der Waals surface area contributed by atoms with E-state index in [1.165, 1.54) is 0 Å². The number of phenolic OH excluding ortho intramolecular Hbond substituents is 1. The Bertz CT molecular complexity index is 797. The lowest BCUT2D eigenvalue weighted by Crippen LogP contribution is -1.99. The molecule has 0 aliphatic carbocycles. The number of fused-ring (bicyclic) bond motifs is 1. The lowest BCUT2D eigenvalue weighted by molar-refractivity contribution is 0.475. The Hall–Kier alpha value is -2.95. The zero-order chi connectivity index (χ0) is 14.7. The van der Waals surface area contributed by atoms with E-state index in [0.717, 1.165) is 22.3 Å². The van der Waals surface area contributed by atoms with Crippen LogP contribution in [0.3, 0.4) is 0 Å². The van der Waals surface area contributed by atoms with E-state index in [2.05, 4.69) is 20.5 Å². The van der Waals surface area contributed by atoms with Crippen molar-refractivity contribution in [3.8, 4) is 5.75 Å². The standard InChI is InChI=1S/C16H14N4O/c1-11-16(19-15-5-3-2-4-14(15)18-11)20-17-10-12-6-8-13(21)9-7-12/h2-10,21H,1H3,(H,19,20)/b17-10+. The number of para-hydroxylation sites is 2. The maximum Gasteiger partial charge on any atom is 0.168 e. The van der Waals surface area contributed by atoms with Crippen molar-refractivity contribution in [2.45, 2.75) is 6.92 Å². The molecule has 104 valence electrons. The average Bonchev–Trinajstić information content (AvgIpc) is 2.50. The van der Waals surface area contributed by atoms with Gasteiger partial charge in [0, 0.05) is 0 Å². The second-order valence-electron chi connectivity index (χ2n) is 4.61. The first-order chi connectivity index (χ1) is 10.2. The van der Waals surface area contributed by atoms with Crippen molar-refractivity contribution in [3.63, 3.8) is 0 Å². The fraction of sp³-hybridized carbons (Fsp3) is 0.0625. The van der Waals surface area contributed by atoms with Gasteiger partial charge in [-0.25, -0.2) is 9.97 Å². The van der Waals surface area contributed by atoms with Gasteiger partial charge in [-0.05, 0) is 48.9 Å². The predicted octanol–water partition coefficient (Wildman–Crippen LogP) is 3.09. The zero-order valence-corrected chi connectivity index (χ0v) is 11.5. The van der Waals surface area contributed by atoms with Gasteiger partial charge in [-0.15, -0.1) is 0 Å². The van der Waals surface area contributed by atoms with Crippen LogP contribution in [0.5, 0.6) is 5.75 Å². The molecule has 0 amide bonds. The highest BCUT2D eigenvalue weighted by molar-refractivity contribution is 5.81. The molecular formula is C16H14N4O. The van der Waals surface area contributed by atoms with Gasteiger partial charge in [-0.1, -0.05) is 12.1 Å². The number of nitrogens with zero attached hydrogens (tertiary/aromatic N) is 3. The number of hydrazone groups is 1. The maximum atomic E-state index is 9.22. The predicted molar refractivity (Wildman–Crippen MR) is 83.6 cm³/mol. The molecule has 1 heterocycles. The van der Waals surface area contributed by atoms with Crippen LogP contribution in [-0.2, 0) is 0 Å². The fourth-order valence-electron chi connectivity index (χ4n) is 1.92. The van der Waals surface area contributed by atoms with Crippen LogP contribution >= 0.6 is 0 Å². The number of aromatic nitrogens is 2. The van der Waals surface area contributed by atoms with Gasteiger partial charge >= 0.3 is 0 Å². The Morgan fingerprint density at radius 1 is 1.00 bits per heavy atom. The number of aryl methyl sites for hydroxylation is 1. The highest BCUT2D eigenvalue weighted by Gasteiger charge is 2.03. The number of hydrogen-bond donors (Lipinski definition) is 2. The quantitative estimate of drug-likeness (QED) is 0.570. The molecule has 5 nitrogen and oxygen atoms in total. The van der Waals surface area contributed by atoms with E-state index in [-0.39, 0.29) is 5.75 Å². The summed E-state index contributed by atoms with van der Waals surface area (Å²) in [6, 6.07) is 14.5. The first-order valence-corrected chi connectivity index (χ1v) is 6.54. The van der Waals surface area contributed by atoms with E-state index in [1.54, 1.807) is 30.5 Å². The van der Waals surface area contributed by atoms with E-state index in [0.29, 0.717) is 5.82 Å². The molecule has 0 saturated carbocycles. The van der Waals surface area contributed by atoms with Crippen molar-refractivity contribution in [2.24, 2.45) is 5.10 Å². The topological polar surface area (TPSA) is 70.4 Å². The van der Waals surface area contributed by atoms with E-state index < -0.39 is 0 Å². The number of anilines is 1. The summed E-state index contributed by atoms with van der Waals surface area (Å²) in [5, 5.41) is 13.4. The molecule has 2 N–H and O–H groups in total. The molecule has 1 aromatic heterocycles. The molecule has 21 heavy (non-hydrogen) atoms. The minimum atomic E-state index is 0.233. The molecule has 0 radical (unpaired) electrons. The smallest absolute Gasteiger partial charge is 0.168 e. The van der Waals surface area contributed by atoms with Crippen LogP contribution in [0.4, 0.5) is 5.82 Å². The molecule has 0 atom stereocenters. The molecule has 0 fully saturated rings. The SMILES string of the molecule is Cc1nc2ccccc2nc1N/N=C/c1ccc(O)cc1. The summed E-state index contributed by atoms with van der Waals surface area (Å²) in [7, 11) is 0. The van der Waals surface area contributed by atoms with E-state index in [4.69, 9.17) is 0 Å². The van der Waals surface area contributed by atoms with Crippen LogP contribution in [0, 0.1) is 6.92 Å². The molecule has 3 aromatic rings. The van der Waals surface area contributed by atoms with Crippen LogP contribution in [0.2, 0.25) is 0 Å². The van der Waals surface area contributed by atoms with Crippen LogP contribution in [0.15, 0.2) is 53.6 Å². The molecule has 0 spiro atoms. The van der Waals surface area contributed by atoms with Gasteiger partial charge in [0.15, 0.2) is 5.82 Å². The van der Waals surface area contributed by atoms with E-state index >= 15 is 0 Å². The van der Waals surface area contributed by atoms with Crippen LogP contribution < -0.4 is 5.43 Å². The van der Waals surface area contributed by atoms with E-state index in [9.17, 15) is 5.11 Å². The third-order valence-corrected chi connectivity index (χ3v) is 3.02. The second-order valence-corrected chi connectivity index (χ2v) is 4.61. The maximum absolute atomic E-state index is 9.22. The number of phenols is 1. The van der Waals surface area contributed by atoms with E-state index in [1.807, 2.05) is 31.2 Å². The summed E-state index contributed by atoms with van der Waals surface area (Å²) in [4.78, 5) is 8.97. The monoisotopic (exact) mass is 278 g/mol. The highest BCUT2D eigenvalue weighted by Crippen LogP contribution is 2.15. The summed E-state index contributed by atoms with van der Waals surface area (Å²) in [5.41, 5.74) is 6.26. The Labute approximate surface area is 122 Å². The first kappa shape index (κ1) is 13.1. The molecule has 0 aliphatic rings. The summed E-state index contributed by atoms with van der Waals surface area (Å²) in [5.74, 6) is 0.861. The molecule has 0 saturated heterocycles. The van der Waals surface area contributed by atoms with Crippen molar-refractivity contribution in [3.05, 3.63) is 59.8 Å². The number of nitrogens with one attached hydrogen (secondary N) is 1. The molecule has 3 rings (SSSR count). The summed E-state index contributed by atoms with van der Waals surface area (Å²) < 4.78 is 0. The first-order valence-electron chi connectivity index (χ1n) is 6.54. The van der Waals surface area contributed by atoms with Crippen LogP contribution in [0.1, 0.15) is 11.3 Å². The van der Waals surface area contributed by atoms with Gasteiger partial charge in [0.1, 0.15) is 5.75 Å². The van der Waals surface area contributed by atoms with Gasteiger partial charge in [0.2, 0.25) is 0 Å². The van der Waals surface area contributed by atoms with Gasteiger partial charge < -0.3 is 5.11 Å². The van der Waals surface area contributed by atoms with Gasteiger partial charge in [0.05, 0.1) is 22.9 Å². The fourth-order valence-corrected chi connectivity index (χ4v) is 1.92. The number of aromatic hydroxyl groups is 1. The van der Waals surface area contributed by atoms with Gasteiger partial charge in [-0.3, -0.25) is 5.43 Å². The largest absolute Gasteiger partial charge is 0.508 e. The Kier molecular flexibility index (Phi) is 3.47. The molecule has 5 heteroatoms. The van der Waals surface area contributed by atoms with Crippen molar-refractivity contribution < 1.29 is 5.11 Å².